The van der Waals surface area contributed by atoms with Gasteiger partial charge in [0.1, 0.15) is 0 Å². The minimum Gasteiger partial charge on any atom is -0.346 e. The zero-order valence-electron chi connectivity index (χ0n) is 14.4. The number of benzene rings is 3. The summed E-state index contributed by atoms with van der Waals surface area (Å²) in [5, 5.41) is 10.8. The summed E-state index contributed by atoms with van der Waals surface area (Å²) in [6.45, 7) is 3.56. The van der Waals surface area contributed by atoms with Gasteiger partial charge in [-0.05, 0) is 24.6 Å². The molecular weight excluding hydrogens is 350 g/mol. The van der Waals surface area contributed by atoms with Crippen molar-refractivity contribution in [1.29, 1.82) is 0 Å². The number of fused-ring (bicyclic) bond motifs is 2. The van der Waals surface area contributed by atoms with Crippen LogP contribution in [-0.2, 0) is 9.59 Å². The number of carbonyl (C=O) groups is 2. The van der Waals surface area contributed by atoms with E-state index in [2.05, 4.69) is 15.8 Å². The first-order valence-electron chi connectivity index (χ1n) is 8.22. The lowest BCUT2D eigenvalue weighted by Crippen LogP contribution is -2.41. The van der Waals surface area contributed by atoms with Crippen LogP contribution < -0.4 is 10.7 Å². The van der Waals surface area contributed by atoms with Gasteiger partial charge < -0.3 is 5.32 Å². The Morgan fingerprint density at radius 2 is 1.42 bits per heavy atom. The van der Waals surface area contributed by atoms with Gasteiger partial charge in [-0.15, -0.1) is 0 Å². The standard InChI is InChI=1S/C20H18ClN3O2/c1-12(2)23-19(25)20(26)24-22-11-17-13-7-3-5-9-15(13)18(21)16-10-6-4-8-14(16)17/h3-12H,1-2H3,(H,23,25)(H,24,26)/b22-11-. The van der Waals surface area contributed by atoms with E-state index in [0.29, 0.717) is 5.02 Å². The smallest absolute Gasteiger partial charge is 0.329 e. The summed E-state index contributed by atoms with van der Waals surface area (Å²) in [7, 11) is 0. The molecule has 0 heterocycles. The van der Waals surface area contributed by atoms with Crippen molar-refractivity contribution in [2.24, 2.45) is 5.10 Å². The van der Waals surface area contributed by atoms with E-state index in [4.69, 9.17) is 11.6 Å². The topological polar surface area (TPSA) is 70.6 Å². The van der Waals surface area contributed by atoms with E-state index < -0.39 is 11.8 Å². The van der Waals surface area contributed by atoms with Gasteiger partial charge in [-0.1, -0.05) is 60.1 Å². The highest BCUT2D eigenvalue weighted by atomic mass is 35.5. The number of hydrazone groups is 1. The minimum absolute atomic E-state index is 0.124. The molecule has 2 N–H and O–H groups in total. The zero-order chi connectivity index (χ0) is 18.7. The van der Waals surface area contributed by atoms with Crippen LogP contribution >= 0.6 is 11.6 Å². The predicted octanol–water partition coefficient (Wildman–Crippen LogP) is 3.62. The molecule has 0 unspecified atom stereocenters. The predicted molar refractivity (Wildman–Crippen MR) is 105 cm³/mol. The Bertz CT molecular complexity index is 971. The van der Waals surface area contributed by atoms with E-state index in [9.17, 15) is 9.59 Å². The first-order chi connectivity index (χ1) is 12.5. The molecule has 0 saturated heterocycles. The molecule has 3 aromatic rings. The van der Waals surface area contributed by atoms with Crippen molar-refractivity contribution in [3.63, 3.8) is 0 Å². The maximum atomic E-state index is 11.8. The van der Waals surface area contributed by atoms with Crippen LogP contribution in [0.1, 0.15) is 19.4 Å². The second-order valence-electron chi connectivity index (χ2n) is 6.15. The highest BCUT2D eigenvalue weighted by molar-refractivity contribution is 6.42. The molecular formula is C20H18ClN3O2. The van der Waals surface area contributed by atoms with Crippen LogP contribution in [0.5, 0.6) is 0 Å². The number of hydrogen-bond donors (Lipinski definition) is 2. The Morgan fingerprint density at radius 1 is 0.923 bits per heavy atom. The van der Waals surface area contributed by atoms with Crippen LogP contribution in [0.15, 0.2) is 53.6 Å². The van der Waals surface area contributed by atoms with Crippen molar-refractivity contribution in [2.45, 2.75) is 19.9 Å². The summed E-state index contributed by atoms with van der Waals surface area (Å²) in [6, 6.07) is 15.3. The molecule has 3 rings (SSSR count). The lowest BCUT2D eigenvalue weighted by atomic mass is 9.97. The molecule has 0 aliphatic carbocycles. The molecule has 0 atom stereocenters. The van der Waals surface area contributed by atoms with Crippen molar-refractivity contribution < 1.29 is 9.59 Å². The van der Waals surface area contributed by atoms with Crippen molar-refractivity contribution >= 4 is 51.2 Å². The van der Waals surface area contributed by atoms with Gasteiger partial charge in [-0.3, -0.25) is 9.59 Å². The molecule has 0 spiro atoms. The fourth-order valence-corrected chi connectivity index (χ4v) is 3.11. The van der Waals surface area contributed by atoms with Gasteiger partial charge in [0, 0.05) is 22.4 Å². The second-order valence-corrected chi connectivity index (χ2v) is 6.52. The van der Waals surface area contributed by atoms with Crippen LogP contribution in [0.3, 0.4) is 0 Å². The zero-order valence-corrected chi connectivity index (χ0v) is 15.2. The van der Waals surface area contributed by atoms with Crippen LogP contribution in [-0.4, -0.2) is 24.1 Å². The second kappa shape index (κ2) is 7.54. The van der Waals surface area contributed by atoms with E-state index in [0.717, 1.165) is 27.1 Å². The van der Waals surface area contributed by atoms with Gasteiger partial charge in [0.2, 0.25) is 0 Å². The number of nitrogens with one attached hydrogen (secondary N) is 2. The SMILES string of the molecule is CC(C)NC(=O)C(=O)N/N=C\c1c2ccccc2c(Cl)c2ccccc12. The summed E-state index contributed by atoms with van der Waals surface area (Å²) >= 11 is 6.55. The first kappa shape index (κ1) is 17.9. The number of carbonyl (C=O) groups excluding carboxylic acids is 2. The molecule has 0 bridgehead atoms. The Hall–Kier alpha value is -2.92. The number of hydrogen-bond acceptors (Lipinski definition) is 3. The van der Waals surface area contributed by atoms with E-state index in [1.54, 1.807) is 20.1 Å². The van der Waals surface area contributed by atoms with Crippen LogP contribution in [0, 0.1) is 0 Å². The molecule has 0 aromatic heterocycles. The average Bonchev–Trinajstić information content (AvgIpc) is 2.63. The largest absolute Gasteiger partial charge is 0.346 e. The van der Waals surface area contributed by atoms with Crippen LogP contribution in [0.2, 0.25) is 5.02 Å². The Labute approximate surface area is 156 Å². The summed E-state index contributed by atoms with van der Waals surface area (Å²) in [4.78, 5) is 23.4. The van der Waals surface area contributed by atoms with Crippen molar-refractivity contribution in [2.75, 3.05) is 0 Å². The highest BCUT2D eigenvalue weighted by Crippen LogP contribution is 2.35. The molecule has 132 valence electrons. The molecule has 0 fully saturated rings. The number of halogens is 1. The summed E-state index contributed by atoms with van der Waals surface area (Å²) in [5.74, 6) is -1.53. The maximum Gasteiger partial charge on any atom is 0.329 e. The fourth-order valence-electron chi connectivity index (χ4n) is 2.78. The molecule has 0 saturated carbocycles. The molecule has 0 aliphatic rings. The summed E-state index contributed by atoms with van der Waals surface area (Å²) < 4.78 is 0. The molecule has 3 aromatic carbocycles. The quantitative estimate of drug-likeness (QED) is 0.321. The van der Waals surface area contributed by atoms with E-state index in [1.807, 2.05) is 48.5 Å². The Morgan fingerprint density at radius 3 is 1.92 bits per heavy atom. The van der Waals surface area contributed by atoms with Gasteiger partial charge in [-0.25, -0.2) is 5.43 Å². The third kappa shape index (κ3) is 3.53. The third-order valence-corrected chi connectivity index (χ3v) is 4.30. The van der Waals surface area contributed by atoms with Gasteiger partial charge in [0.05, 0.1) is 11.2 Å². The Kier molecular flexibility index (Phi) is 5.19. The van der Waals surface area contributed by atoms with Crippen molar-refractivity contribution in [1.82, 2.24) is 10.7 Å². The van der Waals surface area contributed by atoms with Gasteiger partial charge >= 0.3 is 11.8 Å². The number of nitrogens with zero attached hydrogens (tertiary/aromatic N) is 1. The van der Waals surface area contributed by atoms with Gasteiger partial charge in [-0.2, -0.15) is 5.10 Å². The monoisotopic (exact) mass is 367 g/mol. The van der Waals surface area contributed by atoms with E-state index in [1.165, 1.54) is 0 Å². The lowest BCUT2D eigenvalue weighted by molar-refractivity contribution is -0.139. The first-order valence-corrected chi connectivity index (χ1v) is 8.59. The summed E-state index contributed by atoms with van der Waals surface area (Å²) in [5.41, 5.74) is 3.09. The molecule has 6 heteroatoms. The van der Waals surface area contributed by atoms with E-state index in [-0.39, 0.29) is 6.04 Å². The van der Waals surface area contributed by atoms with E-state index >= 15 is 0 Å². The minimum atomic E-state index is -0.808. The summed E-state index contributed by atoms with van der Waals surface area (Å²) in [6.07, 6.45) is 1.54. The van der Waals surface area contributed by atoms with Crippen LogP contribution in [0.4, 0.5) is 0 Å². The van der Waals surface area contributed by atoms with Gasteiger partial charge in [0.25, 0.3) is 0 Å². The van der Waals surface area contributed by atoms with Crippen molar-refractivity contribution in [3.05, 3.63) is 59.1 Å². The number of amides is 2. The van der Waals surface area contributed by atoms with Crippen molar-refractivity contribution in [3.8, 4) is 0 Å². The fraction of sp³-hybridized carbons (Fsp3) is 0.150. The molecule has 0 radical (unpaired) electrons. The molecule has 26 heavy (non-hydrogen) atoms. The normalized spacial score (nSPS) is 11.4. The molecule has 2 amide bonds. The Balaban J connectivity index is 2.00. The third-order valence-electron chi connectivity index (χ3n) is 3.89. The molecule has 5 nitrogen and oxygen atoms in total. The number of rotatable bonds is 3. The lowest BCUT2D eigenvalue weighted by Gasteiger charge is -2.10. The maximum absolute atomic E-state index is 11.8. The molecule has 0 aliphatic heterocycles. The van der Waals surface area contributed by atoms with Gasteiger partial charge in [0.15, 0.2) is 0 Å². The highest BCUT2D eigenvalue weighted by Gasteiger charge is 2.14. The van der Waals surface area contributed by atoms with Crippen LogP contribution in [0.25, 0.3) is 21.5 Å². The average molecular weight is 368 g/mol.